The van der Waals surface area contributed by atoms with Gasteiger partial charge in [-0.1, -0.05) is 0 Å². The van der Waals surface area contributed by atoms with Crippen molar-refractivity contribution in [2.45, 2.75) is 20.4 Å². The van der Waals surface area contributed by atoms with Gasteiger partial charge in [-0.15, -0.1) is 0 Å². The fourth-order valence-electron chi connectivity index (χ4n) is 3.12. The zero-order valence-corrected chi connectivity index (χ0v) is 16.3. The molecule has 1 aromatic carbocycles. The van der Waals surface area contributed by atoms with E-state index in [4.69, 9.17) is 13.9 Å². The Kier molecular flexibility index (Phi) is 5.86. The Morgan fingerprint density at radius 1 is 1.26 bits per heavy atom. The van der Waals surface area contributed by atoms with Crippen LogP contribution in [0.3, 0.4) is 0 Å². The third-order valence-corrected chi connectivity index (χ3v) is 4.48. The number of carbonyl (C=O) groups is 1. The van der Waals surface area contributed by atoms with Crippen molar-refractivity contribution in [3.05, 3.63) is 53.6 Å². The van der Waals surface area contributed by atoms with Crippen LogP contribution in [0.2, 0.25) is 0 Å². The Morgan fingerprint density at radius 2 is 2.07 bits per heavy atom. The van der Waals surface area contributed by atoms with Crippen LogP contribution in [0.15, 0.2) is 41.0 Å². The van der Waals surface area contributed by atoms with E-state index >= 15 is 0 Å². The minimum Gasteiger partial charge on any atom is -0.492 e. The molecule has 0 saturated heterocycles. The Bertz CT molecular complexity index is 910. The highest BCUT2D eigenvalue weighted by molar-refractivity contribution is 6.06. The van der Waals surface area contributed by atoms with Crippen LogP contribution in [-0.4, -0.2) is 49.3 Å². The van der Waals surface area contributed by atoms with Crippen LogP contribution in [0.1, 0.15) is 28.7 Å². The molecular weight excluding hydrogens is 344 g/mol. The minimum atomic E-state index is -0.316. The number of fused-ring (bicyclic) bond motifs is 1. The Balaban J connectivity index is 2.02. The first-order chi connectivity index (χ1) is 13.0. The average Bonchev–Trinajstić information content (AvgIpc) is 3.22. The van der Waals surface area contributed by atoms with Gasteiger partial charge in [-0.3, -0.25) is 0 Å². The number of nitrogens with zero attached hydrogens (tertiary/aromatic N) is 2. The van der Waals surface area contributed by atoms with Crippen molar-refractivity contribution < 1.29 is 18.7 Å². The third-order valence-electron chi connectivity index (χ3n) is 4.48. The second-order valence-electron chi connectivity index (χ2n) is 6.68. The number of furan rings is 1. The SMILES string of the molecule is CCOC(=O)c1c(C)n(Cc2ccco2)c2ccc(OCCN(C)C)cc12. The lowest BCUT2D eigenvalue weighted by Crippen LogP contribution is -2.19. The first-order valence-corrected chi connectivity index (χ1v) is 9.11. The molecule has 0 bridgehead atoms. The smallest absolute Gasteiger partial charge is 0.340 e. The molecule has 0 fully saturated rings. The summed E-state index contributed by atoms with van der Waals surface area (Å²) in [5.74, 6) is 1.26. The van der Waals surface area contributed by atoms with Crippen molar-refractivity contribution in [1.29, 1.82) is 0 Å². The van der Waals surface area contributed by atoms with E-state index in [-0.39, 0.29) is 5.97 Å². The molecule has 0 unspecified atom stereocenters. The lowest BCUT2D eigenvalue weighted by atomic mass is 10.1. The van der Waals surface area contributed by atoms with Crippen LogP contribution < -0.4 is 4.74 Å². The lowest BCUT2D eigenvalue weighted by molar-refractivity contribution is 0.0527. The number of esters is 1. The number of benzene rings is 1. The van der Waals surface area contributed by atoms with Crippen LogP contribution in [0.4, 0.5) is 0 Å². The number of hydrogen-bond donors (Lipinski definition) is 0. The van der Waals surface area contributed by atoms with Gasteiger partial charge < -0.3 is 23.4 Å². The molecule has 0 radical (unpaired) electrons. The summed E-state index contributed by atoms with van der Waals surface area (Å²) in [6, 6.07) is 9.63. The van der Waals surface area contributed by atoms with Gasteiger partial charge in [-0.25, -0.2) is 4.79 Å². The summed E-state index contributed by atoms with van der Waals surface area (Å²) < 4.78 is 18.7. The molecule has 2 aromatic heterocycles. The number of ether oxygens (including phenoxy) is 2. The molecule has 0 N–H and O–H groups in total. The number of carbonyl (C=O) groups excluding carboxylic acids is 1. The zero-order valence-electron chi connectivity index (χ0n) is 16.3. The molecule has 0 amide bonds. The molecule has 0 aliphatic heterocycles. The van der Waals surface area contributed by atoms with Gasteiger partial charge in [0.15, 0.2) is 0 Å². The summed E-state index contributed by atoms with van der Waals surface area (Å²) in [6.45, 7) is 6.03. The van der Waals surface area contributed by atoms with Gasteiger partial charge >= 0.3 is 5.97 Å². The van der Waals surface area contributed by atoms with E-state index in [0.29, 0.717) is 25.3 Å². The largest absolute Gasteiger partial charge is 0.492 e. The van der Waals surface area contributed by atoms with Crippen LogP contribution in [0, 0.1) is 6.92 Å². The van der Waals surface area contributed by atoms with E-state index in [1.165, 1.54) is 0 Å². The van der Waals surface area contributed by atoms with Crippen molar-refractivity contribution >= 4 is 16.9 Å². The Hall–Kier alpha value is -2.73. The molecule has 27 heavy (non-hydrogen) atoms. The van der Waals surface area contributed by atoms with Crippen LogP contribution in [0.5, 0.6) is 5.75 Å². The van der Waals surface area contributed by atoms with E-state index in [0.717, 1.165) is 34.7 Å². The third kappa shape index (κ3) is 4.17. The summed E-state index contributed by atoms with van der Waals surface area (Å²) in [7, 11) is 4.01. The molecule has 6 nitrogen and oxygen atoms in total. The standard InChI is InChI=1S/C21H26N2O4/c1-5-25-21(24)20-15(2)23(14-17-7-6-11-26-17)19-9-8-16(13-18(19)20)27-12-10-22(3)4/h6-9,11,13H,5,10,12,14H2,1-4H3. The highest BCUT2D eigenvalue weighted by Gasteiger charge is 2.22. The quantitative estimate of drug-likeness (QED) is 0.566. The molecule has 6 heteroatoms. The summed E-state index contributed by atoms with van der Waals surface area (Å²) >= 11 is 0. The summed E-state index contributed by atoms with van der Waals surface area (Å²) in [4.78, 5) is 14.7. The maximum Gasteiger partial charge on any atom is 0.340 e. The van der Waals surface area contributed by atoms with E-state index < -0.39 is 0 Å². The van der Waals surface area contributed by atoms with E-state index in [2.05, 4.69) is 9.47 Å². The Morgan fingerprint density at radius 3 is 2.74 bits per heavy atom. The van der Waals surface area contributed by atoms with Gasteiger partial charge in [-0.05, 0) is 58.3 Å². The molecule has 0 atom stereocenters. The number of aromatic nitrogens is 1. The summed E-state index contributed by atoms with van der Waals surface area (Å²) in [5.41, 5.74) is 2.38. The minimum absolute atomic E-state index is 0.316. The van der Waals surface area contributed by atoms with Crippen molar-refractivity contribution in [1.82, 2.24) is 9.47 Å². The van der Waals surface area contributed by atoms with Crippen LogP contribution >= 0.6 is 0 Å². The van der Waals surface area contributed by atoms with Crippen LogP contribution in [0.25, 0.3) is 10.9 Å². The zero-order chi connectivity index (χ0) is 19.4. The highest BCUT2D eigenvalue weighted by Crippen LogP contribution is 2.31. The van der Waals surface area contributed by atoms with Gasteiger partial charge in [0.2, 0.25) is 0 Å². The fraction of sp³-hybridized carbons (Fsp3) is 0.381. The molecule has 0 spiro atoms. The van der Waals surface area contributed by atoms with E-state index in [1.54, 1.807) is 6.26 Å². The second-order valence-corrected chi connectivity index (χ2v) is 6.68. The first kappa shape index (κ1) is 19.0. The van der Waals surface area contributed by atoms with Crippen molar-refractivity contribution in [2.75, 3.05) is 33.9 Å². The number of rotatable bonds is 8. The van der Waals surface area contributed by atoms with E-state index in [1.807, 2.05) is 58.3 Å². The average molecular weight is 370 g/mol. The summed E-state index contributed by atoms with van der Waals surface area (Å²) in [5, 5.41) is 0.833. The topological polar surface area (TPSA) is 56.8 Å². The monoisotopic (exact) mass is 370 g/mol. The first-order valence-electron chi connectivity index (χ1n) is 9.11. The van der Waals surface area contributed by atoms with Crippen LogP contribution in [-0.2, 0) is 11.3 Å². The van der Waals surface area contributed by atoms with Crippen molar-refractivity contribution in [3.63, 3.8) is 0 Å². The lowest BCUT2D eigenvalue weighted by Gasteiger charge is -2.11. The molecule has 0 aliphatic rings. The van der Waals surface area contributed by atoms with Crippen molar-refractivity contribution in [2.24, 2.45) is 0 Å². The summed E-state index contributed by atoms with van der Waals surface area (Å²) in [6.07, 6.45) is 1.65. The fourth-order valence-corrected chi connectivity index (χ4v) is 3.12. The normalized spacial score (nSPS) is 11.3. The van der Waals surface area contributed by atoms with Gasteiger partial charge in [0.25, 0.3) is 0 Å². The second kappa shape index (κ2) is 8.31. The molecule has 144 valence electrons. The molecule has 3 rings (SSSR count). The maximum absolute atomic E-state index is 12.6. The molecule has 2 heterocycles. The Labute approximate surface area is 159 Å². The van der Waals surface area contributed by atoms with Gasteiger partial charge in [0.05, 0.1) is 25.0 Å². The molecule has 0 aliphatic carbocycles. The molecule has 0 saturated carbocycles. The molecular formula is C21H26N2O4. The van der Waals surface area contributed by atoms with Gasteiger partial charge in [0.1, 0.15) is 18.1 Å². The number of hydrogen-bond acceptors (Lipinski definition) is 5. The van der Waals surface area contributed by atoms with Crippen molar-refractivity contribution in [3.8, 4) is 5.75 Å². The van der Waals surface area contributed by atoms with Gasteiger partial charge in [0, 0.05) is 23.1 Å². The van der Waals surface area contributed by atoms with E-state index in [9.17, 15) is 4.79 Å². The predicted octanol–water partition coefficient (Wildman–Crippen LogP) is 3.71. The van der Waals surface area contributed by atoms with Gasteiger partial charge in [-0.2, -0.15) is 0 Å². The molecule has 3 aromatic rings. The number of likely N-dealkylation sites (N-methyl/N-ethyl adjacent to an activating group) is 1. The highest BCUT2D eigenvalue weighted by atomic mass is 16.5. The predicted molar refractivity (Wildman–Crippen MR) is 104 cm³/mol. The maximum atomic E-state index is 12.6.